The summed E-state index contributed by atoms with van der Waals surface area (Å²) in [6.07, 6.45) is 0. The molecule has 0 bridgehead atoms. The molecule has 0 radical (unpaired) electrons. The Labute approximate surface area is 122 Å². The van der Waals surface area contributed by atoms with E-state index in [1.165, 1.54) is 12.1 Å². The molecule has 0 spiro atoms. The molecule has 114 valence electrons. The number of hydrogen-bond acceptors (Lipinski definition) is 5. The fourth-order valence-electron chi connectivity index (χ4n) is 1.93. The molecule has 0 aromatic heterocycles. The Hall–Kier alpha value is -1.51. The lowest BCUT2D eigenvalue weighted by molar-refractivity contribution is 0.0582. The Morgan fingerprint density at radius 1 is 0.905 bits per heavy atom. The highest BCUT2D eigenvalue weighted by Gasteiger charge is 2.33. The summed E-state index contributed by atoms with van der Waals surface area (Å²) in [7, 11) is -3.98. The molecule has 0 aliphatic rings. The smallest absolute Gasteiger partial charge is 0.241 e. The molecule has 4 N–H and O–H groups in total. The van der Waals surface area contributed by atoms with E-state index in [0.717, 1.165) is 10.8 Å². The zero-order valence-corrected chi connectivity index (χ0v) is 12.0. The van der Waals surface area contributed by atoms with E-state index in [1.54, 1.807) is 18.2 Å². The largest absolute Gasteiger partial charge is 0.394 e. The van der Waals surface area contributed by atoms with Crippen molar-refractivity contribution in [1.29, 1.82) is 0 Å². The minimum atomic E-state index is -3.98. The van der Waals surface area contributed by atoms with Crippen LogP contribution in [0.3, 0.4) is 0 Å². The van der Waals surface area contributed by atoms with Gasteiger partial charge in [0.15, 0.2) is 0 Å². The van der Waals surface area contributed by atoms with Crippen LogP contribution in [-0.4, -0.2) is 49.1 Å². The second kappa shape index (κ2) is 6.08. The molecule has 6 nitrogen and oxygen atoms in total. The monoisotopic (exact) mass is 311 g/mol. The van der Waals surface area contributed by atoms with Gasteiger partial charge in [-0.05, 0) is 22.9 Å². The lowest BCUT2D eigenvalue weighted by atomic mass is 10.1. The lowest BCUT2D eigenvalue weighted by Crippen LogP contribution is -2.56. The number of benzene rings is 2. The SMILES string of the molecule is O=S(=O)(NC(CO)(CO)CO)c1ccc2ccccc2c1. The zero-order chi connectivity index (χ0) is 15.5. The van der Waals surface area contributed by atoms with Gasteiger partial charge < -0.3 is 15.3 Å². The Morgan fingerprint density at radius 3 is 2.05 bits per heavy atom. The first-order valence-corrected chi connectivity index (χ1v) is 7.80. The number of nitrogens with one attached hydrogen (secondary N) is 1. The van der Waals surface area contributed by atoms with Crippen molar-refractivity contribution in [2.75, 3.05) is 19.8 Å². The standard InChI is InChI=1S/C14H17NO5S/c16-8-14(9-17,10-18)15-21(19,20)13-6-5-11-3-1-2-4-12(11)7-13/h1-7,15-18H,8-10H2. The van der Waals surface area contributed by atoms with Crippen LogP contribution >= 0.6 is 0 Å². The van der Waals surface area contributed by atoms with Gasteiger partial charge in [0.25, 0.3) is 0 Å². The van der Waals surface area contributed by atoms with Crippen molar-refractivity contribution in [3.8, 4) is 0 Å². The Balaban J connectivity index is 2.41. The molecule has 0 atom stereocenters. The number of aliphatic hydroxyl groups is 3. The molecule has 0 unspecified atom stereocenters. The van der Waals surface area contributed by atoms with Crippen molar-refractivity contribution in [1.82, 2.24) is 4.72 Å². The van der Waals surface area contributed by atoms with Crippen LogP contribution in [0.4, 0.5) is 0 Å². The van der Waals surface area contributed by atoms with Crippen LogP contribution in [0.1, 0.15) is 0 Å². The third kappa shape index (κ3) is 3.22. The van der Waals surface area contributed by atoms with Gasteiger partial charge in [-0.15, -0.1) is 0 Å². The normalized spacial score (nSPS) is 12.7. The Bertz CT molecular complexity index is 717. The van der Waals surface area contributed by atoms with Gasteiger partial charge in [0.05, 0.1) is 24.7 Å². The Kier molecular flexibility index (Phi) is 4.60. The minimum Gasteiger partial charge on any atom is -0.394 e. The third-order valence-electron chi connectivity index (χ3n) is 3.29. The van der Waals surface area contributed by atoms with Gasteiger partial charge in [0, 0.05) is 0 Å². The lowest BCUT2D eigenvalue weighted by Gasteiger charge is -2.28. The quantitative estimate of drug-likeness (QED) is 0.593. The maximum atomic E-state index is 12.3. The first-order valence-electron chi connectivity index (χ1n) is 6.32. The van der Waals surface area contributed by atoms with Gasteiger partial charge in [0.1, 0.15) is 5.54 Å². The van der Waals surface area contributed by atoms with Crippen LogP contribution < -0.4 is 4.72 Å². The van der Waals surface area contributed by atoms with Crippen LogP contribution in [0, 0.1) is 0 Å². The van der Waals surface area contributed by atoms with Gasteiger partial charge >= 0.3 is 0 Å². The number of hydrogen-bond donors (Lipinski definition) is 4. The summed E-state index contributed by atoms with van der Waals surface area (Å²) >= 11 is 0. The van der Waals surface area contributed by atoms with Crippen LogP contribution in [-0.2, 0) is 10.0 Å². The summed E-state index contributed by atoms with van der Waals surface area (Å²) in [5, 5.41) is 29.3. The molecule has 0 amide bonds. The van der Waals surface area contributed by atoms with E-state index in [9.17, 15) is 23.7 Å². The van der Waals surface area contributed by atoms with E-state index in [4.69, 9.17) is 0 Å². The zero-order valence-electron chi connectivity index (χ0n) is 11.2. The van der Waals surface area contributed by atoms with Crippen molar-refractivity contribution in [3.05, 3.63) is 42.5 Å². The Morgan fingerprint density at radius 2 is 1.48 bits per heavy atom. The van der Waals surface area contributed by atoms with Crippen LogP contribution in [0.2, 0.25) is 0 Å². The van der Waals surface area contributed by atoms with E-state index in [1.807, 2.05) is 12.1 Å². The summed E-state index contributed by atoms with van der Waals surface area (Å²) in [4.78, 5) is 0.000856. The van der Waals surface area contributed by atoms with E-state index in [0.29, 0.717) is 0 Å². The molecule has 7 heteroatoms. The highest BCUT2D eigenvalue weighted by Crippen LogP contribution is 2.20. The summed E-state index contributed by atoms with van der Waals surface area (Å²) in [6, 6.07) is 11.9. The topological polar surface area (TPSA) is 107 Å². The van der Waals surface area contributed by atoms with Crippen LogP contribution in [0.5, 0.6) is 0 Å². The summed E-state index contributed by atoms with van der Waals surface area (Å²) < 4.78 is 26.8. The fourth-order valence-corrected chi connectivity index (χ4v) is 3.34. The average molecular weight is 311 g/mol. The maximum absolute atomic E-state index is 12.3. The summed E-state index contributed by atoms with van der Waals surface area (Å²) in [6.45, 7) is -2.15. The van der Waals surface area contributed by atoms with Gasteiger partial charge in [-0.1, -0.05) is 30.3 Å². The van der Waals surface area contributed by atoms with Crippen molar-refractivity contribution in [3.63, 3.8) is 0 Å². The van der Waals surface area contributed by atoms with E-state index in [-0.39, 0.29) is 4.90 Å². The predicted octanol–water partition coefficient (Wildman–Crippen LogP) is -0.166. The minimum absolute atomic E-state index is 0.000856. The predicted molar refractivity (Wildman–Crippen MR) is 78.3 cm³/mol. The molecule has 2 rings (SSSR count). The summed E-state index contributed by atoms with van der Waals surface area (Å²) in [5.74, 6) is 0. The number of sulfonamides is 1. The van der Waals surface area contributed by atoms with Crippen molar-refractivity contribution >= 4 is 20.8 Å². The van der Waals surface area contributed by atoms with Crippen LogP contribution in [0.25, 0.3) is 10.8 Å². The molecular weight excluding hydrogens is 294 g/mol. The second-order valence-corrected chi connectivity index (χ2v) is 6.55. The number of aliphatic hydroxyl groups excluding tert-OH is 3. The molecule has 21 heavy (non-hydrogen) atoms. The second-order valence-electron chi connectivity index (χ2n) is 4.87. The molecule has 0 aliphatic heterocycles. The van der Waals surface area contributed by atoms with Crippen LogP contribution in [0.15, 0.2) is 47.4 Å². The van der Waals surface area contributed by atoms with E-state index in [2.05, 4.69) is 4.72 Å². The summed E-state index contributed by atoms with van der Waals surface area (Å²) in [5.41, 5.74) is -1.69. The van der Waals surface area contributed by atoms with Crippen molar-refractivity contribution in [2.24, 2.45) is 0 Å². The van der Waals surface area contributed by atoms with E-state index < -0.39 is 35.4 Å². The molecule has 0 saturated carbocycles. The van der Waals surface area contributed by atoms with Gasteiger partial charge in [-0.3, -0.25) is 0 Å². The fraction of sp³-hybridized carbons (Fsp3) is 0.286. The highest BCUT2D eigenvalue weighted by molar-refractivity contribution is 7.89. The number of fused-ring (bicyclic) bond motifs is 1. The van der Waals surface area contributed by atoms with Crippen molar-refractivity contribution < 1.29 is 23.7 Å². The third-order valence-corrected chi connectivity index (χ3v) is 4.87. The molecule has 0 fully saturated rings. The number of rotatable bonds is 6. The maximum Gasteiger partial charge on any atom is 0.241 e. The first-order chi connectivity index (χ1) is 9.96. The molecule has 0 aliphatic carbocycles. The highest BCUT2D eigenvalue weighted by atomic mass is 32.2. The van der Waals surface area contributed by atoms with Gasteiger partial charge in [-0.2, -0.15) is 4.72 Å². The van der Waals surface area contributed by atoms with E-state index >= 15 is 0 Å². The molecule has 2 aromatic rings. The van der Waals surface area contributed by atoms with Crippen molar-refractivity contribution in [2.45, 2.75) is 10.4 Å². The first kappa shape index (κ1) is 15.9. The molecule has 0 saturated heterocycles. The van der Waals surface area contributed by atoms with Gasteiger partial charge in [-0.25, -0.2) is 8.42 Å². The molecular formula is C14H17NO5S. The molecule has 0 heterocycles. The average Bonchev–Trinajstić information content (AvgIpc) is 2.52. The van der Waals surface area contributed by atoms with Gasteiger partial charge in [0.2, 0.25) is 10.0 Å². The molecule has 2 aromatic carbocycles.